The molecular formula is C15H22N2O4. The van der Waals surface area contributed by atoms with Gasteiger partial charge in [-0.05, 0) is 32.0 Å². The quantitative estimate of drug-likeness (QED) is 0.617. The first kappa shape index (κ1) is 15.7. The molecule has 1 fully saturated rings. The Morgan fingerprint density at radius 1 is 1.48 bits per heavy atom. The number of benzene rings is 1. The molecule has 1 aliphatic carbocycles. The van der Waals surface area contributed by atoms with Crippen molar-refractivity contribution >= 4 is 5.69 Å². The lowest BCUT2D eigenvalue weighted by Gasteiger charge is -2.43. The van der Waals surface area contributed by atoms with E-state index in [0.717, 1.165) is 18.4 Å². The van der Waals surface area contributed by atoms with Crippen molar-refractivity contribution in [2.75, 3.05) is 13.7 Å². The second kappa shape index (κ2) is 6.87. The van der Waals surface area contributed by atoms with E-state index in [4.69, 9.17) is 9.47 Å². The Morgan fingerprint density at radius 2 is 2.24 bits per heavy atom. The summed E-state index contributed by atoms with van der Waals surface area (Å²) in [5.74, 6) is 0.685. The van der Waals surface area contributed by atoms with Crippen molar-refractivity contribution in [3.63, 3.8) is 0 Å². The van der Waals surface area contributed by atoms with E-state index < -0.39 is 4.92 Å². The third-order valence-electron chi connectivity index (χ3n) is 3.78. The molecule has 0 aromatic heterocycles. The van der Waals surface area contributed by atoms with Gasteiger partial charge in [-0.25, -0.2) is 0 Å². The van der Waals surface area contributed by atoms with Crippen LogP contribution in [0.5, 0.6) is 5.75 Å². The van der Waals surface area contributed by atoms with Gasteiger partial charge in [0.2, 0.25) is 0 Å². The first-order valence-electron chi connectivity index (χ1n) is 7.27. The average molecular weight is 294 g/mol. The maximum atomic E-state index is 10.7. The second-order valence-electron chi connectivity index (χ2n) is 5.33. The maximum absolute atomic E-state index is 10.7. The number of ether oxygens (including phenoxy) is 2. The van der Waals surface area contributed by atoms with Crippen LogP contribution in [-0.2, 0) is 4.74 Å². The maximum Gasteiger partial charge on any atom is 0.269 e. The van der Waals surface area contributed by atoms with Gasteiger partial charge in [-0.3, -0.25) is 10.1 Å². The predicted molar refractivity (Wildman–Crippen MR) is 79.7 cm³/mol. The lowest BCUT2D eigenvalue weighted by molar-refractivity contribution is -0.384. The fourth-order valence-electron chi connectivity index (χ4n) is 2.50. The van der Waals surface area contributed by atoms with E-state index in [9.17, 15) is 10.1 Å². The highest BCUT2D eigenvalue weighted by molar-refractivity contribution is 5.43. The zero-order valence-electron chi connectivity index (χ0n) is 12.7. The van der Waals surface area contributed by atoms with Crippen LogP contribution in [0, 0.1) is 17.0 Å². The van der Waals surface area contributed by atoms with E-state index in [0.29, 0.717) is 18.4 Å². The number of likely N-dealkylation sites (N-methyl/N-ethyl adjacent to an activating group) is 1. The van der Waals surface area contributed by atoms with Crippen LogP contribution in [0.25, 0.3) is 0 Å². The normalized spacial score (nSPS) is 24.4. The Hall–Kier alpha value is -1.66. The molecule has 0 aliphatic heterocycles. The van der Waals surface area contributed by atoms with Crippen LogP contribution in [0.1, 0.15) is 25.3 Å². The number of nitrogens with zero attached hydrogens (tertiary/aromatic N) is 1. The Labute approximate surface area is 124 Å². The SMILES string of the molecule is CCCOC1C(NC)CC1Oc1ccc([N+](=O)[O-])cc1C. The highest BCUT2D eigenvalue weighted by atomic mass is 16.6. The minimum Gasteiger partial charge on any atom is -0.487 e. The van der Waals surface area contributed by atoms with Crippen molar-refractivity contribution in [2.24, 2.45) is 0 Å². The number of nitrogens with one attached hydrogen (secondary N) is 1. The monoisotopic (exact) mass is 294 g/mol. The van der Waals surface area contributed by atoms with Gasteiger partial charge in [0, 0.05) is 31.2 Å². The summed E-state index contributed by atoms with van der Waals surface area (Å²) in [4.78, 5) is 10.3. The highest BCUT2D eigenvalue weighted by Gasteiger charge is 2.43. The van der Waals surface area contributed by atoms with Gasteiger partial charge < -0.3 is 14.8 Å². The van der Waals surface area contributed by atoms with Crippen molar-refractivity contribution in [3.8, 4) is 5.75 Å². The van der Waals surface area contributed by atoms with Crippen LogP contribution in [0.15, 0.2) is 18.2 Å². The van der Waals surface area contributed by atoms with Gasteiger partial charge in [-0.1, -0.05) is 6.92 Å². The third kappa shape index (κ3) is 3.51. The third-order valence-corrected chi connectivity index (χ3v) is 3.78. The molecule has 2 rings (SSSR count). The number of nitro groups is 1. The molecule has 0 heterocycles. The predicted octanol–water partition coefficient (Wildman–Crippen LogP) is 2.44. The number of hydrogen-bond donors (Lipinski definition) is 1. The molecule has 1 aromatic rings. The number of nitro benzene ring substituents is 1. The molecule has 6 nitrogen and oxygen atoms in total. The summed E-state index contributed by atoms with van der Waals surface area (Å²) in [6, 6.07) is 4.97. The molecule has 21 heavy (non-hydrogen) atoms. The van der Waals surface area contributed by atoms with E-state index in [1.54, 1.807) is 6.07 Å². The van der Waals surface area contributed by atoms with Gasteiger partial charge in [0.15, 0.2) is 0 Å². The zero-order chi connectivity index (χ0) is 15.4. The number of hydrogen-bond acceptors (Lipinski definition) is 5. The van der Waals surface area contributed by atoms with Crippen molar-refractivity contribution < 1.29 is 14.4 Å². The smallest absolute Gasteiger partial charge is 0.269 e. The number of non-ortho nitro benzene ring substituents is 1. The van der Waals surface area contributed by atoms with Crippen LogP contribution in [-0.4, -0.2) is 36.8 Å². The van der Waals surface area contributed by atoms with Gasteiger partial charge in [-0.2, -0.15) is 0 Å². The second-order valence-corrected chi connectivity index (χ2v) is 5.33. The summed E-state index contributed by atoms with van der Waals surface area (Å²) in [6.07, 6.45) is 1.87. The number of aryl methyl sites for hydroxylation is 1. The van der Waals surface area contributed by atoms with Crippen molar-refractivity contribution in [3.05, 3.63) is 33.9 Å². The van der Waals surface area contributed by atoms with Crippen molar-refractivity contribution in [1.29, 1.82) is 0 Å². The van der Waals surface area contributed by atoms with E-state index >= 15 is 0 Å². The molecule has 0 amide bonds. The van der Waals surface area contributed by atoms with Crippen LogP contribution in [0.3, 0.4) is 0 Å². The summed E-state index contributed by atoms with van der Waals surface area (Å²) in [6.45, 7) is 4.60. The standard InChI is InChI=1S/C15H22N2O4/c1-4-7-20-15-12(16-3)9-14(15)21-13-6-5-11(17(18)19)8-10(13)2/h5-6,8,12,14-16H,4,7,9H2,1-3H3. The lowest BCUT2D eigenvalue weighted by Crippen LogP contribution is -2.60. The molecule has 0 spiro atoms. The molecule has 1 aliphatic rings. The average Bonchev–Trinajstić information content (AvgIpc) is 2.44. The van der Waals surface area contributed by atoms with E-state index in [2.05, 4.69) is 12.2 Å². The van der Waals surface area contributed by atoms with E-state index in [1.807, 2.05) is 14.0 Å². The summed E-state index contributed by atoms with van der Waals surface area (Å²) in [5, 5.41) is 14.0. The Bertz CT molecular complexity index is 506. The van der Waals surface area contributed by atoms with Gasteiger partial charge >= 0.3 is 0 Å². The fraction of sp³-hybridized carbons (Fsp3) is 0.600. The molecule has 1 aromatic carbocycles. The largest absolute Gasteiger partial charge is 0.487 e. The Kier molecular flexibility index (Phi) is 5.14. The molecule has 0 radical (unpaired) electrons. The highest BCUT2D eigenvalue weighted by Crippen LogP contribution is 2.31. The molecule has 3 atom stereocenters. The minimum atomic E-state index is -0.398. The van der Waals surface area contributed by atoms with Crippen LogP contribution >= 0.6 is 0 Å². The molecule has 1 saturated carbocycles. The summed E-state index contributed by atoms with van der Waals surface area (Å²) < 4.78 is 11.8. The molecule has 0 bridgehead atoms. The molecule has 1 N–H and O–H groups in total. The van der Waals surface area contributed by atoms with Gasteiger partial charge in [0.25, 0.3) is 5.69 Å². The van der Waals surface area contributed by atoms with Crippen molar-refractivity contribution in [1.82, 2.24) is 5.32 Å². The molecule has 0 saturated heterocycles. The molecule has 116 valence electrons. The van der Waals surface area contributed by atoms with Gasteiger partial charge in [0.05, 0.1) is 4.92 Å². The van der Waals surface area contributed by atoms with Gasteiger partial charge in [-0.15, -0.1) is 0 Å². The Morgan fingerprint density at radius 3 is 2.81 bits per heavy atom. The van der Waals surface area contributed by atoms with E-state index in [1.165, 1.54) is 12.1 Å². The van der Waals surface area contributed by atoms with Crippen LogP contribution < -0.4 is 10.1 Å². The number of rotatable bonds is 7. The molecule has 3 unspecified atom stereocenters. The molecular weight excluding hydrogens is 272 g/mol. The summed E-state index contributed by atoms with van der Waals surface area (Å²) in [7, 11) is 1.92. The first-order chi connectivity index (χ1) is 10.1. The summed E-state index contributed by atoms with van der Waals surface area (Å²) in [5.41, 5.74) is 0.853. The minimum absolute atomic E-state index is 0.00541. The zero-order valence-corrected chi connectivity index (χ0v) is 12.7. The fourth-order valence-corrected chi connectivity index (χ4v) is 2.50. The van der Waals surface area contributed by atoms with E-state index in [-0.39, 0.29) is 17.9 Å². The topological polar surface area (TPSA) is 73.6 Å². The van der Waals surface area contributed by atoms with Crippen LogP contribution in [0.2, 0.25) is 0 Å². The lowest BCUT2D eigenvalue weighted by atomic mass is 9.85. The summed E-state index contributed by atoms with van der Waals surface area (Å²) >= 11 is 0. The first-order valence-corrected chi connectivity index (χ1v) is 7.27. The van der Waals surface area contributed by atoms with Gasteiger partial charge in [0.1, 0.15) is 18.0 Å². The van der Waals surface area contributed by atoms with Crippen LogP contribution in [0.4, 0.5) is 5.69 Å². The molecule has 6 heteroatoms. The van der Waals surface area contributed by atoms with Crippen molar-refractivity contribution in [2.45, 2.75) is 44.9 Å². The Balaban J connectivity index is 2.02.